The van der Waals surface area contributed by atoms with Gasteiger partial charge in [0.15, 0.2) is 0 Å². The van der Waals surface area contributed by atoms with Crippen molar-refractivity contribution in [1.82, 2.24) is 0 Å². The molecule has 0 unspecified atom stereocenters. The summed E-state index contributed by atoms with van der Waals surface area (Å²) < 4.78 is 5.64. The fraction of sp³-hybridized carbons (Fsp3) is 0.379. The molecule has 2 aromatic rings. The van der Waals surface area contributed by atoms with Gasteiger partial charge in [-0.25, -0.2) is 4.90 Å². The first-order chi connectivity index (χ1) is 17.4. The molecule has 7 heteroatoms. The third-order valence-corrected chi connectivity index (χ3v) is 8.76. The van der Waals surface area contributed by atoms with Crippen molar-refractivity contribution < 1.29 is 23.9 Å². The summed E-state index contributed by atoms with van der Waals surface area (Å²) in [5, 5.41) is 0. The number of amides is 3. The minimum Gasteiger partial charge on any atom is -0.426 e. The minimum absolute atomic E-state index is 0.0803. The molecule has 8 rings (SSSR count). The maximum Gasteiger partial charge on any atom is 0.316 e. The molecule has 0 radical (unpaired) electrons. The van der Waals surface area contributed by atoms with Crippen LogP contribution in [0.4, 0.5) is 11.4 Å². The van der Waals surface area contributed by atoms with Gasteiger partial charge < -0.3 is 9.64 Å². The van der Waals surface area contributed by atoms with Gasteiger partial charge in [-0.1, -0.05) is 35.9 Å². The number of ether oxygens (including phenoxy) is 1. The zero-order valence-electron chi connectivity index (χ0n) is 19.9. The van der Waals surface area contributed by atoms with E-state index in [1.54, 1.807) is 29.2 Å². The van der Waals surface area contributed by atoms with Crippen molar-refractivity contribution in [2.24, 2.45) is 41.4 Å². The van der Waals surface area contributed by atoms with Crippen molar-refractivity contribution in [2.75, 3.05) is 16.3 Å². The lowest BCUT2D eigenvalue weighted by Crippen LogP contribution is -2.40. The number of anilines is 2. The van der Waals surface area contributed by atoms with Crippen LogP contribution < -0.4 is 14.5 Å². The third-order valence-electron chi connectivity index (χ3n) is 8.76. The van der Waals surface area contributed by atoms with Gasteiger partial charge in [-0.2, -0.15) is 0 Å². The smallest absolute Gasteiger partial charge is 0.316 e. The van der Waals surface area contributed by atoms with Crippen LogP contribution in [-0.4, -0.2) is 30.2 Å². The number of carbonyl (C=O) groups excluding carboxylic acids is 4. The molecule has 3 amide bonds. The van der Waals surface area contributed by atoms with Crippen molar-refractivity contribution in [2.45, 2.75) is 19.8 Å². The molecule has 182 valence electrons. The molecule has 2 saturated carbocycles. The van der Waals surface area contributed by atoms with Crippen molar-refractivity contribution in [1.29, 1.82) is 0 Å². The van der Waals surface area contributed by atoms with Crippen LogP contribution in [0.3, 0.4) is 0 Å². The summed E-state index contributed by atoms with van der Waals surface area (Å²) >= 11 is 0. The topological polar surface area (TPSA) is 84.0 Å². The van der Waals surface area contributed by atoms with E-state index in [4.69, 9.17) is 4.74 Å². The van der Waals surface area contributed by atoms with E-state index in [0.717, 1.165) is 17.7 Å². The second-order valence-corrected chi connectivity index (χ2v) is 10.8. The number of allylic oxidation sites excluding steroid dienone is 2. The normalized spacial score (nSPS) is 33.7. The number of hydrogen-bond acceptors (Lipinski definition) is 5. The van der Waals surface area contributed by atoms with E-state index in [1.165, 1.54) is 4.90 Å². The Morgan fingerprint density at radius 3 is 2.22 bits per heavy atom. The Kier molecular flexibility index (Phi) is 4.56. The molecule has 2 heterocycles. The Bertz CT molecular complexity index is 1310. The molecule has 2 aliphatic heterocycles. The average Bonchev–Trinajstić information content (AvgIpc) is 3.55. The lowest BCUT2D eigenvalue weighted by molar-refractivity contribution is -0.139. The van der Waals surface area contributed by atoms with Gasteiger partial charge in [-0.15, -0.1) is 0 Å². The molecular weight excluding hydrogens is 456 g/mol. The largest absolute Gasteiger partial charge is 0.426 e. The van der Waals surface area contributed by atoms with Crippen LogP contribution in [-0.2, 0) is 19.2 Å². The summed E-state index contributed by atoms with van der Waals surface area (Å²) in [4.78, 5) is 55.2. The molecule has 2 bridgehead atoms. The predicted molar refractivity (Wildman–Crippen MR) is 131 cm³/mol. The van der Waals surface area contributed by atoms with Crippen LogP contribution in [0.15, 0.2) is 60.7 Å². The molecule has 4 fully saturated rings. The standard InChI is InChI=1S/C29H26N2O5/c1-15-5-7-17(8-6-15)30-14-16(11-24(30)32)29(35)36-19-4-2-3-18(12-19)31-27(33)25-20-9-10-21(23-13-22(20)23)26(25)28(31)34/h2-10,12,16,20-23,25-26H,11,13-14H2,1H3/t16-,20+,21+,22+,23+,25-,26-/m0/s1. The molecule has 2 saturated heterocycles. The third kappa shape index (κ3) is 3.11. The fourth-order valence-electron chi connectivity index (χ4n) is 6.94. The van der Waals surface area contributed by atoms with Crippen molar-refractivity contribution >= 4 is 35.1 Å². The van der Waals surface area contributed by atoms with Gasteiger partial charge in [0.05, 0.1) is 23.4 Å². The highest BCUT2D eigenvalue weighted by Crippen LogP contribution is 2.65. The Morgan fingerprint density at radius 2 is 1.56 bits per heavy atom. The molecule has 6 aliphatic rings. The van der Waals surface area contributed by atoms with Crippen LogP contribution in [0.5, 0.6) is 5.75 Å². The fourth-order valence-corrected chi connectivity index (χ4v) is 6.94. The molecule has 0 aromatic heterocycles. The summed E-state index contributed by atoms with van der Waals surface area (Å²) in [7, 11) is 0. The van der Waals surface area contributed by atoms with Crippen LogP contribution in [0, 0.1) is 48.3 Å². The number of hydrogen-bond donors (Lipinski definition) is 0. The monoisotopic (exact) mass is 482 g/mol. The van der Waals surface area contributed by atoms with Gasteiger partial charge in [0.1, 0.15) is 5.75 Å². The number of benzene rings is 2. The second kappa shape index (κ2) is 7.63. The molecule has 0 spiro atoms. The van der Waals surface area contributed by atoms with Gasteiger partial charge >= 0.3 is 5.97 Å². The molecule has 4 aliphatic carbocycles. The van der Waals surface area contributed by atoms with E-state index in [9.17, 15) is 19.2 Å². The maximum atomic E-state index is 13.4. The highest BCUT2D eigenvalue weighted by molar-refractivity contribution is 6.22. The van der Waals surface area contributed by atoms with E-state index in [-0.39, 0.29) is 60.1 Å². The number of carbonyl (C=O) groups is 4. The number of nitrogens with zero attached hydrogens (tertiary/aromatic N) is 2. The van der Waals surface area contributed by atoms with Crippen LogP contribution in [0.25, 0.3) is 0 Å². The minimum atomic E-state index is -0.589. The summed E-state index contributed by atoms with van der Waals surface area (Å²) in [6.45, 7) is 2.23. The van der Waals surface area contributed by atoms with Crippen LogP contribution in [0.2, 0.25) is 0 Å². The van der Waals surface area contributed by atoms with Gasteiger partial charge in [-0.05, 0) is 61.3 Å². The van der Waals surface area contributed by atoms with E-state index in [1.807, 2.05) is 31.2 Å². The molecule has 2 aromatic carbocycles. The van der Waals surface area contributed by atoms with Crippen molar-refractivity contribution in [3.63, 3.8) is 0 Å². The van der Waals surface area contributed by atoms with Crippen molar-refractivity contribution in [3.8, 4) is 5.75 Å². The Hall–Kier alpha value is -3.74. The quantitative estimate of drug-likeness (QED) is 0.288. The number of esters is 1. The molecule has 7 nitrogen and oxygen atoms in total. The average molecular weight is 483 g/mol. The van der Waals surface area contributed by atoms with E-state index >= 15 is 0 Å². The zero-order chi connectivity index (χ0) is 24.7. The first-order valence-electron chi connectivity index (χ1n) is 12.7. The summed E-state index contributed by atoms with van der Waals surface area (Å²) in [6.07, 6.45) is 5.49. The summed E-state index contributed by atoms with van der Waals surface area (Å²) in [5.74, 6) is -0.393. The molecule has 0 N–H and O–H groups in total. The summed E-state index contributed by atoms with van der Waals surface area (Å²) in [5.41, 5.74) is 2.29. The Labute approximate surface area is 208 Å². The van der Waals surface area contributed by atoms with Gasteiger partial charge in [0.2, 0.25) is 17.7 Å². The van der Waals surface area contributed by atoms with Crippen LogP contribution in [0.1, 0.15) is 18.4 Å². The highest BCUT2D eigenvalue weighted by Gasteiger charge is 2.67. The van der Waals surface area contributed by atoms with E-state index in [2.05, 4.69) is 12.2 Å². The predicted octanol–water partition coefficient (Wildman–Crippen LogP) is 3.51. The molecule has 36 heavy (non-hydrogen) atoms. The highest BCUT2D eigenvalue weighted by atomic mass is 16.5. The zero-order valence-corrected chi connectivity index (χ0v) is 19.9. The van der Waals surface area contributed by atoms with Gasteiger partial charge in [0.25, 0.3) is 0 Å². The first-order valence-corrected chi connectivity index (χ1v) is 12.7. The number of imide groups is 1. The van der Waals surface area contributed by atoms with Crippen LogP contribution >= 0.6 is 0 Å². The lowest BCUT2D eigenvalue weighted by Gasteiger charge is -2.37. The maximum absolute atomic E-state index is 13.4. The van der Waals surface area contributed by atoms with Gasteiger partial charge in [-0.3, -0.25) is 19.2 Å². The Morgan fingerprint density at radius 1 is 0.889 bits per heavy atom. The SMILES string of the molecule is Cc1ccc(N2C[C@@H](C(=O)Oc3cccc(N4C(=O)[C@H]5[C@@H]6C=C[C@H]([C@H]7C[C@H]67)[C@@H]5C4=O)c3)CC2=O)cc1. The molecule has 7 atom stereocenters. The van der Waals surface area contributed by atoms with Gasteiger partial charge in [0, 0.05) is 24.7 Å². The Balaban J connectivity index is 1.07. The lowest BCUT2D eigenvalue weighted by atomic mass is 9.63. The van der Waals surface area contributed by atoms with E-state index in [0.29, 0.717) is 17.5 Å². The summed E-state index contributed by atoms with van der Waals surface area (Å²) in [6, 6.07) is 14.2. The second-order valence-electron chi connectivity index (χ2n) is 10.8. The number of aryl methyl sites for hydroxylation is 1. The van der Waals surface area contributed by atoms with Crippen molar-refractivity contribution in [3.05, 3.63) is 66.2 Å². The first kappa shape index (κ1) is 21.5. The van der Waals surface area contributed by atoms with E-state index < -0.39 is 11.9 Å². The molecular formula is C29H26N2O5. The number of rotatable bonds is 4.